The lowest BCUT2D eigenvalue weighted by atomic mass is 10.1. The van der Waals surface area contributed by atoms with Crippen molar-refractivity contribution in [1.82, 2.24) is 4.57 Å². The van der Waals surface area contributed by atoms with Crippen LogP contribution in [0, 0.1) is 6.92 Å². The molecule has 0 fully saturated rings. The average Bonchev–Trinajstić information content (AvgIpc) is 3.00. The summed E-state index contributed by atoms with van der Waals surface area (Å²) in [7, 11) is -2.16. The van der Waals surface area contributed by atoms with Crippen LogP contribution in [-0.4, -0.2) is 20.1 Å². The molecule has 2 aromatic carbocycles. The molecule has 1 aromatic heterocycles. The van der Waals surface area contributed by atoms with Gasteiger partial charge in [-0.25, -0.2) is 8.42 Å². The van der Waals surface area contributed by atoms with Gasteiger partial charge in [-0.3, -0.25) is 0 Å². The third-order valence-electron chi connectivity index (χ3n) is 4.47. The molecular weight excluding hydrogens is 348 g/mol. The maximum atomic E-state index is 13.2. The smallest absolute Gasteiger partial charge is 0.208 e. The standard InChI is InChI=1S/C20H22N2O3S/c1-4-22-13-18(17-11-15(25-3)7-10-19(17)22)20(12-21)26(23,24)16-8-5-14(2)6-9-16/h5-13H,4,21H2,1-3H3/b20-12+. The number of methoxy groups -OCH3 is 1. The summed E-state index contributed by atoms with van der Waals surface area (Å²) in [5.41, 5.74) is 8.29. The van der Waals surface area contributed by atoms with Crippen LogP contribution in [0.5, 0.6) is 5.75 Å². The molecule has 3 rings (SSSR count). The van der Waals surface area contributed by atoms with Crippen LogP contribution in [0.4, 0.5) is 0 Å². The minimum atomic E-state index is -3.74. The Hall–Kier alpha value is -2.73. The van der Waals surface area contributed by atoms with Gasteiger partial charge in [-0.15, -0.1) is 0 Å². The number of nitrogens with two attached hydrogens (primary N) is 1. The van der Waals surface area contributed by atoms with E-state index >= 15 is 0 Å². The van der Waals surface area contributed by atoms with Crippen molar-refractivity contribution in [1.29, 1.82) is 0 Å². The zero-order chi connectivity index (χ0) is 18.9. The molecule has 0 aliphatic heterocycles. The molecular formula is C20H22N2O3S. The Kier molecular flexibility index (Phi) is 4.78. The summed E-state index contributed by atoms with van der Waals surface area (Å²) in [6.07, 6.45) is 3.00. The molecule has 0 bridgehead atoms. The second-order valence-corrected chi connectivity index (χ2v) is 7.98. The maximum absolute atomic E-state index is 13.2. The number of fused-ring (bicyclic) bond motifs is 1. The van der Waals surface area contributed by atoms with Crippen LogP contribution >= 0.6 is 0 Å². The molecule has 0 unspecified atom stereocenters. The molecule has 2 N–H and O–H groups in total. The first-order valence-electron chi connectivity index (χ1n) is 8.33. The second kappa shape index (κ2) is 6.88. The van der Waals surface area contributed by atoms with Gasteiger partial charge < -0.3 is 15.0 Å². The molecule has 0 aliphatic carbocycles. The van der Waals surface area contributed by atoms with Crippen molar-refractivity contribution in [3.05, 3.63) is 66.0 Å². The van der Waals surface area contributed by atoms with Crippen molar-refractivity contribution in [3.63, 3.8) is 0 Å². The molecule has 0 saturated carbocycles. The van der Waals surface area contributed by atoms with Gasteiger partial charge in [0.25, 0.3) is 0 Å². The molecule has 136 valence electrons. The molecule has 1 heterocycles. The largest absolute Gasteiger partial charge is 0.497 e. The highest BCUT2D eigenvalue weighted by atomic mass is 32.2. The van der Waals surface area contributed by atoms with E-state index in [4.69, 9.17) is 10.5 Å². The minimum absolute atomic E-state index is 0.0896. The highest BCUT2D eigenvalue weighted by molar-refractivity contribution is 8.00. The van der Waals surface area contributed by atoms with Gasteiger partial charge in [0.05, 0.1) is 16.9 Å². The number of rotatable bonds is 5. The molecule has 0 saturated heterocycles. The molecule has 0 radical (unpaired) electrons. The van der Waals surface area contributed by atoms with E-state index in [2.05, 4.69) is 0 Å². The molecule has 0 atom stereocenters. The molecule has 0 amide bonds. The first kappa shape index (κ1) is 18.1. The van der Waals surface area contributed by atoms with Crippen molar-refractivity contribution in [2.45, 2.75) is 25.3 Å². The summed E-state index contributed by atoms with van der Waals surface area (Å²) in [4.78, 5) is 0.312. The Morgan fingerprint density at radius 2 is 1.88 bits per heavy atom. The maximum Gasteiger partial charge on any atom is 0.208 e. The summed E-state index contributed by atoms with van der Waals surface area (Å²) in [5, 5.41) is 0.790. The first-order valence-corrected chi connectivity index (χ1v) is 9.81. The quantitative estimate of drug-likeness (QED) is 0.743. The Labute approximate surface area is 153 Å². The Balaban J connectivity index is 2.24. The number of ether oxygens (including phenoxy) is 1. The first-order chi connectivity index (χ1) is 12.4. The summed E-state index contributed by atoms with van der Waals surface area (Å²) >= 11 is 0. The summed E-state index contributed by atoms with van der Waals surface area (Å²) in [6, 6.07) is 12.4. The number of hydrogen-bond donors (Lipinski definition) is 1. The van der Waals surface area contributed by atoms with Crippen LogP contribution in [0.2, 0.25) is 0 Å². The highest BCUT2D eigenvalue weighted by Gasteiger charge is 2.25. The van der Waals surface area contributed by atoms with Crippen LogP contribution in [-0.2, 0) is 16.4 Å². The average molecular weight is 370 g/mol. The van der Waals surface area contributed by atoms with Gasteiger partial charge >= 0.3 is 0 Å². The lowest BCUT2D eigenvalue weighted by molar-refractivity contribution is 0.415. The molecule has 3 aromatic rings. The lowest BCUT2D eigenvalue weighted by Crippen LogP contribution is -2.06. The molecule has 5 nitrogen and oxygen atoms in total. The topological polar surface area (TPSA) is 74.3 Å². The summed E-state index contributed by atoms with van der Waals surface area (Å²) < 4.78 is 33.7. The summed E-state index contributed by atoms with van der Waals surface area (Å²) in [6.45, 7) is 4.64. The third-order valence-corrected chi connectivity index (χ3v) is 6.29. The SMILES string of the molecule is CCn1cc(/C(=C\N)S(=O)(=O)c2ccc(C)cc2)c2cc(OC)ccc21. The van der Waals surface area contributed by atoms with E-state index in [1.807, 2.05) is 42.8 Å². The van der Waals surface area contributed by atoms with E-state index in [9.17, 15) is 8.42 Å². The zero-order valence-corrected chi connectivity index (χ0v) is 15.9. The number of sulfone groups is 1. The lowest BCUT2D eigenvalue weighted by Gasteiger charge is -2.09. The van der Waals surface area contributed by atoms with Crippen molar-refractivity contribution in [2.75, 3.05) is 7.11 Å². The molecule has 26 heavy (non-hydrogen) atoms. The van der Waals surface area contributed by atoms with E-state index in [0.717, 1.165) is 16.5 Å². The fraction of sp³-hybridized carbons (Fsp3) is 0.200. The van der Waals surface area contributed by atoms with Crippen LogP contribution in [0.3, 0.4) is 0 Å². The Bertz CT molecular complexity index is 1080. The van der Waals surface area contributed by atoms with Gasteiger partial charge in [0.1, 0.15) is 5.75 Å². The van der Waals surface area contributed by atoms with Crippen molar-refractivity contribution in [2.24, 2.45) is 5.73 Å². The Morgan fingerprint density at radius 3 is 2.46 bits per heavy atom. The van der Waals surface area contributed by atoms with E-state index in [1.54, 1.807) is 31.4 Å². The fourth-order valence-corrected chi connectivity index (χ4v) is 4.41. The number of benzene rings is 2. The molecule has 0 spiro atoms. The summed E-state index contributed by atoms with van der Waals surface area (Å²) in [5.74, 6) is 0.664. The number of nitrogens with zero attached hydrogens (tertiary/aromatic N) is 1. The molecule has 0 aliphatic rings. The van der Waals surface area contributed by atoms with Gasteiger partial charge in [-0.1, -0.05) is 17.7 Å². The second-order valence-electron chi connectivity index (χ2n) is 6.06. The van der Waals surface area contributed by atoms with Gasteiger partial charge in [0.15, 0.2) is 0 Å². The Morgan fingerprint density at radius 1 is 1.19 bits per heavy atom. The van der Waals surface area contributed by atoms with Crippen molar-refractivity contribution in [3.8, 4) is 5.75 Å². The predicted molar refractivity (Wildman–Crippen MR) is 105 cm³/mol. The van der Waals surface area contributed by atoms with Crippen molar-refractivity contribution >= 4 is 25.6 Å². The van der Waals surface area contributed by atoms with E-state index in [0.29, 0.717) is 17.9 Å². The van der Waals surface area contributed by atoms with Gasteiger partial charge in [-0.05, 0) is 44.2 Å². The monoisotopic (exact) mass is 370 g/mol. The van der Waals surface area contributed by atoms with E-state index < -0.39 is 9.84 Å². The van der Waals surface area contributed by atoms with Crippen LogP contribution in [0.25, 0.3) is 15.8 Å². The molecule has 6 heteroatoms. The van der Waals surface area contributed by atoms with Gasteiger partial charge in [0, 0.05) is 35.4 Å². The third kappa shape index (κ3) is 2.97. The van der Waals surface area contributed by atoms with Crippen LogP contribution in [0.1, 0.15) is 18.1 Å². The normalized spacial score (nSPS) is 12.5. The minimum Gasteiger partial charge on any atom is -0.497 e. The van der Waals surface area contributed by atoms with Crippen molar-refractivity contribution < 1.29 is 13.2 Å². The number of hydrogen-bond acceptors (Lipinski definition) is 4. The highest BCUT2D eigenvalue weighted by Crippen LogP contribution is 2.35. The number of aromatic nitrogens is 1. The van der Waals surface area contributed by atoms with Gasteiger partial charge in [-0.2, -0.15) is 0 Å². The van der Waals surface area contributed by atoms with Gasteiger partial charge in [0.2, 0.25) is 9.84 Å². The zero-order valence-electron chi connectivity index (χ0n) is 15.1. The van der Waals surface area contributed by atoms with E-state index in [1.165, 1.54) is 6.20 Å². The predicted octanol–water partition coefficient (Wildman–Crippen LogP) is 3.71. The van der Waals surface area contributed by atoms with Crippen LogP contribution < -0.4 is 10.5 Å². The number of aryl methyl sites for hydroxylation is 2. The van der Waals surface area contributed by atoms with E-state index in [-0.39, 0.29) is 9.80 Å². The van der Waals surface area contributed by atoms with Crippen LogP contribution in [0.15, 0.2) is 59.8 Å². The fourth-order valence-electron chi connectivity index (χ4n) is 3.03.